The third-order valence-corrected chi connectivity index (χ3v) is 4.70. The van der Waals surface area contributed by atoms with Gasteiger partial charge in [0.25, 0.3) is 0 Å². The molecule has 1 saturated heterocycles. The second-order valence-electron chi connectivity index (χ2n) is 4.68. The van der Waals surface area contributed by atoms with E-state index in [4.69, 9.17) is 5.73 Å². The highest BCUT2D eigenvalue weighted by Crippen LogP contribution is 2.22. The highest BCUT2D eigenvalue weighted by Gasteiger charge is 2.18. The molecule has 0 unspecified atom stereocenters. The molecule has 3 heteroatoms. The summed E-state index contributed by atoms with van der Waals surface area (Å²) in [6.07, 6.45) is 3.73. The molecule has 0 amide bonds. The fraction of sp³-hybridized carbons (Fsp3) is 0.692. The van der Waals surface area contributed by atoms with Gasteiger partial charge in [-0.2, -0.15) is 0 Å². The average Bonchev–Trinajstić information content (AvgIpc) is 2.78. The minimum atomic E-state index is 0.769. The number of aryl methyl sites for hydroxylation is 1. The van der Waals surface area contributed by atoms with Crippen LogP contribution in [0.3, 0.4) is 0 Å². The molecule has 16 heavy (non-hydrogen) atoms. The Kier molecular flexibility index (Phi) is 4.38. The van der Waals surface area contributed by atoms with Gasteiger partial charge in [0, 0.05) is 16.3 Å². The second-order valence-corrected chi connectivity index (χ2v) is 5.93. The fourth-order valence-electron chi connectivity index (χ4n) is 2.30. The Morgan fingerprint density at radius 1 is 1.31 bits per heavy atom. The number of nitrogens with two attached hydrogens (primary N) is 1. The zero-order valence-electron chi connectivity index (χ0n) is 10.1. The van der Waals surface area contributed by atoms with E-state index in [9.17, 15) is 0 Å². The van der Waals surface area contributed by atoms with Crippen molar-refractivity contribution in [2.24, 2.45) is 11.7 Å². The summed E-state index contributed by atoms with van der Waals surface area (Å²) in [5.74, 6) is 0.769. The summed E-state index contributed by atoms with van der Waals surface area (Å²) in [4.78, 5) is 5.59. The van der Waals surface area contributed by atoms with E-state index in [1.807, 2.05) is 11.3 Å². The third-order valence-electron chi connectivity index (χ3n) is 3.49. The van der Waals surface area contributed by atoms with Crippen LogP contribution in [0, 0.1) is 5.92 Å². The molecular weight excluding hydrogens is 216 g/mol. The summed E-state index contributed by atoms with van der Waals surface area (Å²) in [6, 6.07) is 4.56. The third kappa shape index (κ3) is 3.06. The van der Waals surface area contributed by atoms with E-state index >= 15 is 0 Å². The molecule has 2 rings (SSSR count). The minimum absolute atomic E-state index is 0.769. The molecule has 1 aromatic rings. The molecule has 0 bridgehead atoms. The molecule has 0 radical (unpaired) electrons. The van der Waals surface area contributed by atoms with Crippen molar-refractivity contribution in [3.05, 3.63) is 21.9 Å². The smallest absolute Gasteiger partial charge is 0.0328 e. The summed E-state index contributed by atoms with van der Waals surface area (Å²) >= 11 is 1.97. The first-order valence-electron chi connectivity index (χ1n) is 6.31. The van der Waals surface area contributed by atoms with Gasteiger partial charge < -0.3 is 5.73 Å². The van der Waals surface area contributed by atoms with Crippen molar-refractivity contribution in [2.45, 2.75) is 32.7 Å². The van der Waals surface area contributed by atoms with Gasteiger partial charge >= 0.3 is 0 Å². The van der Waals surface area contributed by atoms with Crippen LogP contribution in [0.25, 0.3) is 0 Å². The van der Waals surface area contributed by atoms with Crippen LogP contribution in [-0.2, 0) is 13.0 Å². The predicted octanol–water partition coefficient (Wildman–Crippen LogP) is 2.48. The van der Waals surface area contributed by atoms with E-state index in [1.54, 1.807) is 0 Å². The van der Waals surface area contributed by atoms with Gasteiger partial charge in [-0.1, -0.05) is 6.92 Å². The normalized spacial score (nSPS) is 19.1. The minimum Gasteiger partial charge on any atom is -0.330 e. The number of rotatable bonds is 4. The molecule has 2 N–H and O–H groups in total. The average molecular weight is 238 g/mol. The first-order valence-corrected chi connectivity index (χ1v) is 7.13. The van der Waals surface area contributed by atoms with Crippen molar-refractivity contribution < 1.29 is 0 Å². The maximum atomic E-state index is 5.71. The van der Waals surface area contributed by atoms with Crippen LogP contribution >= 0.6 is 11.3 Å². The van der Waals surface area contributed by atoms with E-state index in [1.165, 1.54) is 42.1 Å². The Hall–Kier alpha value is -0.380. The van der Waals surface area contributed by atoms with Gasteiger partial charge in [0.2, 0.25) is 0 Å². The van der Waals surface area contributed by atoms with Crippen molar-refractivity contribution in [2.75, 3.05) is 19.6 Å². The second kappa shape index (κ2) is 5.80. The monoisotopic (exact) mass is 238 g/mol. The molecule has 90 valence electrons. The Bertz CT molecular complexity index is 313. The quantitative estimate of drug-likeness (QED) is 0.873. The predicted molar refractivity (Wildman–Crippen MR) is 70.8 cm³/mol. The molecule has 0 spiro atoms. The summed E-state index contributed by atoms with van der Waals surface area (Å²) in [6.45, 7) is 6.68. The van der Waals surface area contributed by atoms with Crippen LogP contribution in [-0.4, -0.2) is 24.5 Å². The van der Waals surface area contributed by atoms with Crippen LogP contribution < -0.4 is 5.73 Å². The lowest BCUT2D eigenvalue weighted by Gasteiger charge is -2.30. The van der Waals surface area contributed by atoms with Crippen molar-refractivity contribution >= 4 is 11.3 Å². The van der Waals surface area contributed by atoms with Crippen LogP contribution in [0.15, 0.2) is 12.1 Å². The van der Waals surface area contributed by atoms with E-state index in [-0.39, 0.29) is 0 Å². The van der Waals surface area contributed by atoms with Crippen molar-refractivity contribution in [1.82, 2.24) is 4.90 Å². The maximum absolute atomic E-state index is 5.71. The summed E-state index contributed by atoms with van der Waals surface area (Å²) < 4.78 is 0. The molecule has 1 aromatic heterocycles. The molecule has 0 aliphatic carbocycles. The van der Waals surface area contributed by atoms with Gasteiger partial charge in [-0.25, -0.2) is 0 Å². The van der Waals surface area contributed by atoms with E-state index in [0.29, 0.717) is 0 Å². The SMILES string of the molecule is CCc1ccc(CN2CCC(CN)CC2)s1. The Morgan fingerprint density at radius 3 is 2.56 bits per heavy atom. The van der Waals surface area contributed by atoms with Gasteiger partial charge in [0.05, 0.1) is 0 Å². The zero-order chi connectivity index (χ0) is 11.4. The number of nitrogens with zero attached hydrogens (tertiary/aromatic N) is 1. The van der Waals surface area contributed by atoms with Crippen LogP contribution in [0.1, 0.15) is 29.5 Å². The van der Waals surface area contributed by atoms with Crippen LogP contribution in [0.4, 0.5) is 0 Å². The van der Waals surface area contributed by atoms with Gasteiger partial charge in [-0.05, 0) is 56.9 Å². The number of thiophene rings is 1. The van der Waals surface area contributed by atoms with E-state index < -0.39 is 0 Å². The molecule has 2 heterocycles. The van der Waals surface area contributed by atoms with Crippen molar-refractivity contribution in [3.63, 3.8) is 0 Å². The molecule has 0 saturated carbocycles. The first kappa shape index (κ1) is 12.1. The lowest BCUT2D eigenvalue weighted by atomic mass is 9.97. The summed E-state index contributed by atoms with van der Waals surface area (Å²) in [5.41, 5.74) is 5.71. The Balaban J connectivity index is 1.82. The van der Waals surface area contributed by atoms with Gasteiger partial charge in [-0.15, -0.1) is 11.3 Å². The largest absolute Gasteiger partial charge is 0.330 e. The van der Waals surface area contributed by atoms with E-state index in [0.717, 1.165) is 19.0 Å². The Morgan fingerprint density at radius 2 is 2.00 bits per heavy atom. The van der Waals surface area contributed by atoms with Crippen molar-refractivity contribution in [1.29, 1.82) is 0 Å². The lowest BCUT2D eigenvalue weighted by Crippen LogP contribution is -2.35. The number of hydrogen-bond donors (Lipinski definition) is 1. The first-order chi connectivity index (χ1) is 7.81. The molecular formula is C13H22N2S. The number of piperidine rings is 1. The van der Waals surface area contributed by atoms with Gasteiger partial charge in [-0.3, -0.25) is 4.90 Å². The molecule has 1 aliphatic heterocycles. The Labute approximate surface area is 102 Å². The highest BCUT2D eigenvalue weighted by atomic mass is 32.1. The van der Waals surface area contributed by atoms with E-state index in [2.05, 4.69) is 24.0 Å². The molecule has 2 nitrogen and oxygen atoms in total. The highest BCUT2D eigenvalue weighted by molar-refractivity contribution is 7.11. The fourth-order valence-corrected chi connectivity index (χ4v) is 3.30. The number of hydrogen-bond acceptors (Lipinski definition) is 3. The van der Waals surface area contributed by atoms with Gasteiger partial charge in [0.15, 0.2) is 0 Å². The molecule has 0 aromatic carbocycles. The van der Waals surface area contributed by atoms with Crippen LogP contribution in [0.2, 0.25) is 0 Å². The van der Waals surface area contributed by atoms with Crippen LogP contribution in [0.5, 0.6) is 0 Å². The topological polar surface area (TPSA) is 29.3 Å². The molecule has 0 atom stereocenters. The summed E-state index contributed by atoms with van der Waals surface area (Å²) in [5, 5.41) is 0. The zero-order valence-corrected chi connectivity index (χ0v) is 10.9. The lowest BCUT2D eigenvalue weighted by molar-refractivity contribution is 0.182. The number of likely N-dealkylation sites (tertiary alicyclic amines) is 1. The molecule has 1 aliphatic rings. The standard InChI is InChI=1S/C13H22N2S/c1-2-12-3-4-13(16-12)10-15-7-5-11(9-14)6-8-15/h3-4,11H,2,5-10,14H2,1H3. The van der Waals surface area contributed by atoms with Crippen molar-refractivity contribution in [3.8, 4) is 0 Å². The van der Waals surface area contributed by atoms with Gasteiger partial charge in [0.1, 0.15) is 0 Å². The maximum Gasteiger partial charge on any atom is 0.0328 e. The summed E-state index contributed by atoms with van der Waals surface area (Å²) in [7, 11) is 0. The molecule has 1 fully saturated rings.